The standard InChI is InChI=1S/C19H27N2O2/c1-6-15-8-10-16(11-9-15)21(4,5)13-7-12-20-17(22)14-19(2,3)18(20)23/h6,8-11H,1,7,12-14H2,2-5H3/q+1. The molecule has 1 aliphatic rings. The molecule has 0 radical (unpaired) electrons. The van der Waals surface area contributed by atoms with E-state index in [1.165, 1.54) is 10.6 Å². The summed E-state index contributed by atoms with van der Waals surface area (Å²) in [7, 11) is 4.28. The summed E-state index contributed by atoms with van der Waals surface area (Å²) >= 11 is 0. The highest BCUT2D eigenvalue weighted by Crippen LogP contribution is 2.31. The van der Waals surface area contributed by atoms with Crippen molar-refractivity contribution in [1.29, 1.82) is 0 Å². The minimum absolute atomic E-state index is 0.0388. The van der Waals surface area contributed by atoms with Crippen LogP contribution in [0.15, 0.2) is 30.8 Å². The van der Waals surface area contributed by atoms with Crippen LogP contribution in [0.1, 0.15) is 32.3 Å². The lowest BCUT2D eigenvalue weighted by molar-refractivity contribution is -0.140. The Balaban J connectivity index is 1.95. The van der Waals surface area contributed by atoms with E-state index in [1.807, 2.05) is 19.9 Å². The Labute approximate surface area is 139 Å². The topological polar surface area (TPSA) is 37.4 Å². The van der Waals surface area contributed by atoms with Crippen molar-refractivity contribution in [3.8, 4) is 0 Å². The summed E-state index contributed by atoms with van der Waals surface area (Å²) in [6, 6.07) is 8.31. The number of amides is 2. The molecule has 2 rings (SSSR count). The number of nitrogens with zero attached hydrogens (tertiary/aromatic N) is 2. The molecule has 0 spiro atoms. The number of imide groups is 1. The van der Waals surface area contributed by atoms with Gasteiger partial charge in [0.25, 0.3) is 0 Å². The predicted octanol–water partition coefficient (Wildman–Crippen LogP) is 3.07. The minimum Gasteiger partial charge on any atom is -0.296 e. The van der Waals surface area contributed by atoms with E-state index in [1.54, 1.807) is 0 Å². The van der Waals surface area contributed by atoms with Gasteiger partial charge >= 0.3 is 0 Å². The molecule has 1 saturated heterocycles. The molecule has 1 fully saturated rings. The van der Waals surface area contributed by atoms with Gasteiger partial charge < -0.3 is 0 Å². The largest absolute Gasteiger partial charge is 0.296 e. The zero-order valence-corrected chi connectivity index (χ0v) is 14.6. The molecule has 0 atom stereocenters. The molecule has 0 aromatic heterocycles. The van der Waals surface area contributed by atoms with Gasteiger partial charge in [-0.3, -0.25) is 19.0 Å². The Kier molecular flexibility index (Phi) is 4.76. The van der Waals surface area contributed by atoms with Crippen LogP contribution in [0.5, 0.6) is 0 Å². The number of hydrogen-bond donors (Lipinski definition) is 0. The first-order valence-electron chi connectivity index (χ1n) is 8.08. The Hall–Kier alpha value is -1.94. The summed E-state index contributed by atoms with van der Waals surface area (Å²) in [6.07, 6.45) is 2.95. The van der Waals surface area contributed by atoms with Crippen molar-refractivity contribution in [1.82, 2.24) is 9.38 Å². The van der Waals surface area contributed by atoms with Crippen LogP contribution < -0.4 is 4.48 Å². The summed E-state index contributed by atoms with van der Waals surface area (Å²) in [5, 5.41) is 0. The molecule has 4 nitrogen and oxygen atoms in total. The van der Waals surface area contributed by atoms with E-state index in [-0.39, 0.29) is 11.8 Å². The first kappa shape index (κ1) is 17.4. The fourth-order valence-electron chi connectivity index (χ4n) is 3.02. The molecule has 1 aromatic carbocycles. The Morgan fingerprint density at radius 3 is 2.30 bits per heavy atom. The van der Waals surface area contributed by atoms with Crippen molar-refractivity contribution in [3.63, 3.8) is 0 Å². The van der Waals surface area contributed by atoms with Crippen LogP contribution in [0.2, 0.25) is 0 Å². The summed E-state index contributed by atoms with van der Waals surface area (Å²) in [5.74, 6) is -0.0798. The monoisotopic (exact) mass is 315 g/mol. The lowest BCUT2D eigenvalue weighted by atomic mass is 9.92. The van der Waals surface area contributed by atoms with Crippen LogP contribution in [-0.4, -0.2) is 43.9 Å². The van der Waals surface area contributed by atoms with E-state index in [0.29, 0.717) is 13.0 Å². The number of rotatable bonds is 6. The zero-order valence-electron chi connectivity index (χ0n) is 14.6. The summed E-state index contributed by atoms with van der Waals surface area (Å²) < 4.78 is 0.719. The maximum atomic E-state index is 12.2. The van der Waals surface area contributed by atoms with Gasteiger partial charge in [0.1, 0.15) is 5.69 Å². The van der Waals surface area contributed by atoms with Gasteiger partial charge in [-0.15, -0.1) is 0 Å². The second-order valence-electron chi connectivity index (χ2n) is 7.47. The number of benzene rings is 1. The fraction of sp³-hybridized carbons (Fsp3) is 0.474. The Morgan fingerprint density at radius 2 is 1.83 bits per heavy atom. The highest BCUT2D eigenvalue weighted by Gasteiger charge is 2.44. The SMILES string of the molecule is C=Cc1ccc([N+](C)(C)CCCN2C(=O)CC(C)(C)C2=O)cc1. The van der Waals surface area contributed by atoms with Crippen LogP contribution in [0, 0.1) is 5.41 Å². The van der Waals surface area contributed by atoms with E-state index >= 15 is 0 Å². The molecule has 0 bridgehead atoms. The highest BCUT2D eigenvalue weighted by atomic mass is 16.2. The van der Waals surface area contributed by atoms with Crippen molar-refractivity contribution in [3.05, 3.63) is 36.4 Å². The van der Waals surface area contributed by atoms with Crippen molar-refractivity contribution < 1.29 is 9.59 Å². The van der Waals surface area contributed by atoms with Crippen LogP contribution in [0.3, 0.4) is 0 Å². The second kappa shape index (κ2) is 6.28. The minimum atomic E-state index is -0.540. The molecule has 0 saturated carbocycles. The average molecular weight is 315 g/mol. The number of hydrogen-bond acceptors (Lipinski definition) is 2. The summed E-state index contributed by atoms with van der Waals surface area (Å²) in [4.78, 5) is 25.6. The molecule has 1 aromatic rings. The lowest BCUT2D eigenvalue weighted by Crippen LogP contribution is -2.43. The first-order chi connectivity index (χ1) is 10.7. The van der Waals surface area contributed by atoms with Crippen LogP contribution >= 0.6 is 0 Å². The van der Waals surface area contributed by atoms with Crippen LogP contribution in [0.25, 0.3) is 6.08 Å². The van der Waals surface area contributed by atoms with Crippen molar-refractivity contribution in [2.24, 2.45) is 5.41 Å². The van der Waals surface area contributed by atoms with E-state index in [4.69, 9.17) is 0 Å². The van der Waals surface area contributed by atoms with E-state index in [0.717, 1.165) is 23.0 Å². The van der Waals surface area contributed by atoms with Crippen molar-refractivity contribution >= 4 is 23.6 Å². The Bertz CT molecular complexity index is 615. The lowest BCUT2D eigenvalue weighted by Gasteiger charge is -2.30. The molecule has 4 heteroatoms. The fourth-order valence-corrected chi connectivity index (χ4v) is 3.02. The average Bonchev–Trinajstić information content (AvgIpc) is 2.69. The molecule has 0 unspecified atom stereocenters. The smallest absolute Gasteiger partial charge is 0.235 e. The van der Waals surface area contributed by atoms with Gasteiger partial charge in [0.2, 0.25) is 11.8 Å². The third-order valence-corrected chi connectivity index (χ3v) is 4.64. The van der Waals surface area contributed by atoms with E-state index in [2.05, 4.69) is 44.9 Å². The molecule has 0 N–H and O–H groups in total. The quantitative estimate of drug-likeness (QED) is 0.597. The highest BCUT2D eigenvalue weighted by molar-refractivity contribution is 6.05. The van der Waals surface area contributed by atoms with Gasteiger partial charge in [-0.1, -0.05) is 26.5 Å². The first-order valence-corrected chi connectivity index (χ1v) is 8.08. The number of carbonyl (C=O) groups excluding carboxylic acids is 2. The molecular weight excluding hydrogens is 288 g/mol. The molecule has 1 heterocycles. The molecule has 1 aliphatic heterocycles. The van der Waals surface area contributed by atoms with Gasteiger partial charge in [-0.05, 0) is 29.8 Å². The molecule has 23 heavy (non-hydrogen) atoms. The normalized spacial score (nSPS) is 17.7. The Morgan fingerprint density at radius 1 is 1.22 bits per heavy atom. The predicted molar refractivity (Wildman–Crippen MR) is 94.8 cm³/mol. The number of quaternary nitrogens is 1. The van der Waals surface area contributed by atoms with Gasteiger partial charge in [-0.25, -0.2) is 0 Å². The second-order valence-corrected chi connectivity index (χ2v) is 7.47. The number of carbonyl (C=O) groups is 2. The number of likely N-dealkylation sites (tertiary alicyclic amines) is 1. The van der Waals surface area contributed by atoms with E-state index < -0.39 is 5.41 Å². The van der Waals surface area contributed by atoms with Crippen LogP contribution in [0.4, 0.5) is 5.69 Å². The van der Waals surface area contributed by atoms with E-state index in [9.17, 15) is 9.59 Å². The molecule has 0 aliphatic carbocycles. The van der Waals surface area contributed by atoms with Crippen LogP contribution in [-0.2, 0) is 9.59 Å². The molecule has 124 valence electrons. The molecule has 2 amide bonds. The van der Waals surface area contributed by atoms with Gasteiger partial charge in [0.15, 0.2) is 0 Å². The van der Waals surface area contributed by atoms with Gasteiger partial charge in [0.05, 0.1) is 26.1 Å². The van der Waals surface area contributed by atoms with Crippen molar-refractivity contribution in [2.75, 3.05) is 27.2 Å². The zero-order chi connectivity index (χ0) is 17.3. The maximum absolute atomic E-state index is 12.2. The van der Waals surface area contributed by atoms with Gasteiger partial charge in [0, 0.05) is 19.4 Å². The van der Waals surface area contributed by atoms with Crippen molar-refractivity contribution in [2.45, 2.75) is 26.7 Å². The van der Waals surface area contributed by atoms with Gasteiger partial charge in [-0.2, -0.15) is 0 Å². The third-order valence-electron chi connectivity index (χ3n) is 4.64. The third kappa shape index (κ3) is 3.70. The maximum Gasteiger partial charge on any atom is 0.235 e. The summed E-state index contributed by atoms with van der Waals surface area (Å²) in [6.45, 7) is 8.82. The summed E-state index contributed by atoms with van der Waals surface area (Å²) in [5.41, 5.74) is 1.77. The molecular formula is C19H27N2O2+.